The first-order valence-corrected chi connectivity index (χ1v) is 7.64. The van der Waals surface area contributed by atoms with Crippen LogP contribution in [0.1, 0.15) is 5.56 Å². The highest BCUT2D eigenvalue weighted by molar-refractivity contribution is 6.99. The summed E-state index contributed by atoms with van der Waals surface area (Å²) in [5.41, 5.74) is 3.46. The number of pyridine rings is 1. The average Bonchev–Trinajstić information content (AvgIpc) is 3.20. The van der Waals surface area contributed by atoms with Crippen molar-refractivity contribution in [3.05, 3.63) is 65.8 Å². The van der Waals surface area contributed by atoms with Gasteiger partial charge in [-0.05, 0) is 28.1 Å². The van der Waals surface area contributed by atoms with Gasteiger partial charge in [-0.1, -0.05) is 24.8 Å². The van der Waals surface area contributed by atoms with Crippen LogP contribution in [0, 0.1) is 6.57 Å². The molecule has 110 valence electrons. The molecule has 0 saturated carbocycles. The number of para-hydroxylation sites is 2. The van der Waals surface area contributed by atoms with Crippen molar-refractivity contribution in [2.75, 3.05) is 0 Å². The van der Waals surface area contributed by atoms with Crippen LogP contribution in [0.3, 0.4) is 0 Å². The molecule has 0 atom stereocenters. The zero-order valence-electron chi connectivity index (χ0n) is 11.9. The molecule has 7 heteroatoms. The molecule has 0 N–H and O–H groups in total. The first-order chi connectivity index (χ1) is 11.4. The van der Waals surface area contributed by atoms with Gasteiger partial charge in [0.15, 0.2) is 23.2 Å². The van der Waals surface area contributed by atoms with Gasteiger partial charge in [-0.25, -0.2) is 4.98 Å². The Hall–Kier alpha value is -3.11. The predicted octanol–water partition coefficient (Wildman–Crippen LogP) is 3.55. The summed E-state index contributed by atoms with van der Waals surface area (Å²) in [6.45, 7) is 7.87. The van der Waals surface area contributed by atoms with Crippen LogP contribution in [0.15, 0.2) is 48.8 Å². The molecule has 4 rings (SSSR count). The molecule has 3 aromatic heterocycles. The summed E-state index contributed by atoms with van der Waals surface area (Å²) >= 11 is 1.03. The lowest BCUT2D eigenvalue weighted by Gasteiger charge is -2.08. The van der Waals surface area contributed by atoms with E-state index in [0.717, 1.165) is 28.3 Å². The standard InChI is InChI=1S/C16H10N6S/c1-17-15-14(20-23-21-15)16-19-12-6-2-3-7-13(12)22(16)10-11-5-4-8-18-9-11/h2-9H,10H2. The van der Waals surface area contributed by atoms with Gasteiger partial charge in [0.25, 0.3) is 0 Å². The van der Waals surface area contributed by atoms with E-state index in [1.165, 1.54) is 0 Å². The van der Waals surface area contributed by atoms with Gasteiger partial charge in [-0.2, -0.15) is 4.37 Å². The van der Waals surface area contributed by atoms with Crippen molar-refractivity contribution < 1.29 is 0 Å². The van der Waals surface area contributed by atoms with E-state index < -0.39 is 0 Å². The van der Waals surface area contributed by atoms with Crippen LogP contribution in [-0.2, 0) is 6.54 Å². The molecule has 1 aromatic carbocycles. The zero-order chi connectivity index (χ0) is 15.6. The van der Waals surface area contributed by atoms with Crippen LogP contribution >= 0.6 is 11.7 Å². The summed E-state index contributed by atoms with van der Waals surface area (Å²) in [5, 5.41) is 0. The smallest absolute Gasteiger partial charge is 0.315 e. The minimum atomic E-state index is 0.290. The minimum Gasteiger partial charge on any atom is -0.358 e. The highest BCUT2D eigenvalue weighted by atomic mass is 32.1. The van der Waals surface area contributed by atoms with Crippen LogP contribution in [0.25, 0.3) is 27.4 Å². The minimum absolute atomic E-state index is 0.290. The topological polar surface area (TPSA) is 60.9 Å². The van der Waals surface area contributed by atoms with Crippen LogP contribution in [-0.4, -0.2) is 23.3 Å². The van der Waals surface area contributed by atoms with E-state index >= 15 is 0 Å². The maximum absolute atomic E-state index is 7.26. The van der Waals surface area contributed by atoms with Gasteiger partial charge in [0.05, 0.1) is 17.6 Å². The van der Waals surface area contributed by atoms with E-state index in [0.29, 0.717) is 18.1 Å². The average molecular weight is 318 g/mol. The number of imidazole rings is 1. The number of benzene rings is 1. The first-order valence-electron chi connectivity index (χ1n) is 6.91. The molecule has 0 saturated heterocycles. The number of hydrogen-bond acceptors (Lipinski definition) is 5. The van der Waals surface area contributed by atoms with Gasteiger partial charge in [0.2, 0.25) is 0 Å². The van der Waals surface area contributed by atoms with Gasteiger partial charge in [-0.3, -0.25) is 4.98 Å². The summed E-state index contributed by atoms with van der Waals surface area (Å²) in [6.07, 6.45) is 3.57. The van der Waals surface area contributed by atoms with E-state index in [9.17, 15) is 0 Å². The lowest BCUT2D eigenvalue weighted by Crippen LogP contribution is -2.02. The van der Waals surface area contributed by atoms with Crippen LogP contribution in [0.5, 0.6) is 0 Å². The molecule has 0 unspecified atom stereocenters. The Morgan fingerprint density at radius 3 is 2.87 bits per heavy atom. The molecule has 0 bridgehead atoms. The van der Waals surface area contributed by atoms with Gasteiger partial charge >= 0.3 is 5.82 Å². The first kappa shape index (κ1) is 13.5. The Labute approximate surface area is 136 Å². The number of fused-ring (bicyclic) bond motifs is 1. The van der Waals surface area contributed by atoms with E-state index in [-0.39, 0.29) is 5.82 Å². The molecule has 3 heterocycles. The number of nitrogens with zero attached hydrogens (tertiary/aromatic N) is 6. The molecule has 0 aliphatic rings. The van der Waals surface area contributed by atoms with Gasteiger partial charge in [0, 0.05) is 12.4 Å². The van der Waals surface area contributed by atoms with E-state index in [1.54, 1.807) is 6.20 Å². The highest BCUT2D eigenvalue weighted by Crippen LogP contribution is 2.31. The predicted molar refractivity (Wildman–Crippen MR) is 88.2 cm³/mol. The maximum Gasteiger partial charge on any atom is 0.315 e. The van der Waals surface area contributed by atoms with Gasteiger partial charge in [-0.15, -0.1) is 0 Å². The second-order valence-electron chi connectivity index (χ2n) is 4.92. The van der Waals surface area contributed by atoms with E-state index in [2.05, 4.69) is 28.1 Å². The molecule has 0 aliphatic carbocycles. The number of aromatic nitrogens is 5. The summed E-state index contributed by atoms with van der Waals surface area (Å²) in [4.78, 5) is 12.3. The van der Waals surface area contributed by atoms with Crippen molar-refractivity contribution >= 4 is 28.6 Å². The quantitative estimate of drug-likeness (QED) is 0.542. The monoisotopic (exact) mass is 318 g/mol. The summed E-state index contributed by atoms with van der Waals surface area (Å²) in [7, 11) is 0. The third-order valence-corrected chi connectivity index (χ3v) is 4.03. The Balaban J connectivity index is 1.94. The van der Waals surface area contributed by atoms with Crippen molar-refractivity contribution in [1.82, 2.24) is 23.3 Å². The third kappa shape index (κ3) is 2.35. The normalized spacial score (nSPS) is 10.7. The van der Waals surface area contributed by atoms with Crippen molar-refractivity contribution in [2.24, 2.45) is 0 Å². The molecule has 6 nitrogen and oxygen atoms in total. The molecule has 0 amide bonds. The zero-order valence-corrected chi connectivity index (χ0v) is 12.7. The van der Waals surface area contributed by atoms with Gasteiger partial charge < -0.3 is 9.41 Å². The molecular formula is C16H10N6S. The number of hydrogen-bond donors (Lipinski definition) is 0. The fourth-order valence-electron chi connectivity index (χ4n) is 2.49. The fraction of sp³-hybridized carbons (Fsp3) is 0.0625. The molecule has 23 heavy (non-hydrogen) atoms. The SMILES string of the molecule is [C-]#[N+]c1nsnc1-c1nc2ccccc2n1Cc1cccnc1. The van der Waals surface area contributed by atoms with Crippen molar-refractivity contribution in [3.8, 4) is 11.5 Å². The Morgan fingerprint density at radius 2 is 2.04 bits per heavy atom. The van der Waals surface area contributed by atoms with Crippen LogP contribution < -0.4 is 0 Å². The summed E-state index contributed by atoms with van der Waals surface area (Å²) in [6, 6.07) is 11.8. The largest absolute Gasteiger partial charge is 0.358 e. The van der Waals surface area contributed by atoms with Crippen LogP contribution in [0.4, 0.5) is 5.82 Å². The lowest BCUT2D eigenvalue weighted by atomic mass is 10.2. The highest BCUT2D eigenvalue weighted by Gasteiger charge is 2.19. The Morgan fingerprint density at radius 1 is 1.13 bits per heavy atom. The van der Waals surface area contributed by atoms with Crippen molar-refractivity contribution in [2.45, 2.75) is 6.54 Å². The van der Waals surface area contributed by atoms with E-state index in [1.807, 2.05) is 42.6 Å². The van der Waals surface area contributed by atoms with Gasteiger partial charge in [0.1, 0.15) is 0 Å². The molecule has 0 spiro atoms. The Kier molecular flexibility index (Phi) is 3.29. The maximum atomic E-state index is 7.26. The molecule has 0 radical (unpaired) electrons. The van der Waals surface area contributed by atoms with E-state index in [4.69, 9.17) is 6.57 Å². The summed E-state index contributed by atoms with van der Waals surface area (Å²) in [5.74, 6) is 0.951. The molecule has 0 fully saturated rings. The molecule has 4 aromatic rings. The van der Waals surface area contributed by atoms with Crippen molar-refractivity contribution in [3.63, 3.8) is 0 Å². The van der Waals surface area contributed by atoms with Crippen LogP contribution in [0.2, 0.25) is 0 Å². The second kappa shape index (κ2) is 5.59. The second-order valence-corrected chi connectivity index (χ2v) is 5.45. The Bertz CT molecular complexity index is 1010. The number of rotatable bonds is 3. The van der Waals surface area contributed by atoms with Crippen molar-refractivity contribution in [1.29, 1.82) is 0 Å². The fourth-order valence-corrected chi connectivity index (χ4v) is 2.98. The molecule has 0 aliphatic heterocycles. The third-order valence-electron chi connectivity index (χ3n) is 3.51. The summed E-state index contributed by atoms with van der Waals surface area (Å²) < 4.78 is 10.4. The lowest BCUT2D eigenvalue weighted by molar-refractivity contribution is 0.827. The molecular weight excluding hydrogens is 308 g/mol.